The molecule has 0 bridgehead atoms. The van der Waals surface area contributed by atoms with Gasteiger partial charge in [0, 0.05) is 18.1 Å². The summed E-state index contributed by atoms with van der Waals surface area (Å²) in [5, 5.41) is 4.54. The zero-order valence-corrected chi connectivity index (χ0v) is 12.8. The summed E-state index contributed by atoms with van der Waals surface area (Å²) in [4.78, 5) is 4.51. The van der Waals surface area contributed by atoms with E-state index < -0.39 is 0 Å². The van der Waals surface area contributed by atoms with Gasteiger partial charge in [0.15, 0.2) is 0 Å². The maximum Gasteiger partial charge on any atom is 0.137 e. The second-order valence-corrected chi connectivity index (χ2v) is 5.39. The Morgan fingerprint density at radius 3 is 2.81 bits per heavy atom. The largest absolute Gasteiger partial charge is 0.495 e. The number of methoxy groups -OCH3 is 1. The summed E-state index contributed by atoms with van der Waals surface area (Å²) in [6.45, 7) is 0.599. The van der Waals surface area contributed by atoms with Crippen molar-refractivity contribution in [3.05, 3.63) is 58.5 Å². The van der Waals surface area contributed by atoms with E-state index in [0.717, 1.165) is 17.0 Å². The highest BCUT2D eigenvalue weighted by atomic mass is 35.5. The molecule has 1 aromatic carbocycles. The second-order valence-electron chi connectivity index (χ2n) is 4.55. The third-order valence-corrected chi connectivity index (χ3v) is 3.61. The number of halogens is 2. The Hall–Kier alpha value is -1.91. The van der Waals surface area contributed by atoms with E-state index in [9.17, 15) is 0 Å². The van der Waals surface area contributed by atoms with Crippen molar-refractivity contribution < 1.29 is 4.74 Å². The van der Waals surface area contributed by atoms with Gasteiger partial charge in [-0.25, -0.2) is 4.98 Å². The molecule has 21 heavy (non-hydrogen) atoms. The molecule has 108 valence electrons. The lowest BCUT2D eigenvalue weighted by Crippen LogP contribution is -1.99. The molecule has 1 N–H and O–H groups in total. The van der Waals surface area contributed by atoms with E-state index in [1.165, 1.54) is 0 Å². The monoisotopic (exact) mass is 321 g/mol. The molecule has 0 unspecified atom stereocenters. The highest BCUT2D eigenvalue weighted by Crippen LogP contribution is 2.27. The van der Waals surface area contributed by atoms with E-state index in [1.54, 1.807) is 7.11 Å². The lowest BCUT2D eigenvalue weighted by Gasteiger charge is -2.07. The summed E-state index contributed by atoms with van der Waals surface area (Å²) in [5.74, 6) is 0.657. The Balaban J connectivity index is 1.75. The van der Waals surface area contributed by atoms with Gasteiger partial charge >= 0.3 is 0 Å². The van der Waals surface area contributed by atoms with Crippen LogP contribution >= 0.6 is 23.2 Å². The van der Waals surface area contributed by atoms with Crippen LogP contribution in [0, 0.1) is 0 Å². The Bertz CT molecular complexity index is 786. The molecule has 6 heteroatoms. The maximum absolute atomic E-state index is 6.09. The molecule has 2 aromatic heterocycles. The minimum absolute atomic E-state index is 0.573. The van der Waals surface area contributed by atoms with E-state index >= 15 is 0 Å². The van der Waals surface area contributed by atoms with E-state index in [2.05, 4.69) is 10.3 Å². The van der Waals surface area contributed by atoms with Crippen LogP contribution in [-0.4, -0.2) is 16.5 Å². The molecule has 0 saturated carbocycles. The number of hydrogen-bond acceptors (Lipinski definition) is 3. The smallest absolute Gasteiger partial charge is 0.137 e. The molecule has 0 amide bonds. The van der Waals surface area contributed by atoms with Crippen LogP contribution in [0.3, 0.4) is 0 Å². The number of fused-ring (bicyclic) bond motifs is 1. The molecule has 0 atom stereocenters. The number of nitrogens with one attached hydrogen (secondary N) is 1. The number of aromatic nitrogens is 2. The Morgan fingerprint density at radius 1 is 1.19 bits per heavy atom. The number of imidazole rings is 1. The molecule has 0 aliphatic heterocycles. The van der Waals surface area contributed by atoms with Gasteiger partial charge in [-0.15, -0.1) is 0 Å². The summed E-state index contributed by atoms with van der Waals surface area (Å²) >= 11 is 12.0. The van der Waals surface area contributed by atoms with Crippen molar-refractivity contribution in [1.82, 2.24) is 9.38 Å². The number of ether oxygens (including phenoxy) is 1. The summed E-state index contributed by atoms with van der Waals surface area (Å²) in [5.41, 5.74) is 2.70. The third-order valence-electron chi connectivity index (χ3n) is 3.09. The van der Waals surface area contributed by atoms with E-state index in [4.69, 9.17) is 27.9 Å². The van der Waals surface area contributed by atoms with Crippen LogP contribution in [-0.2, 0) is 6.54 Å². The minimum Gasteiger partial charge on any atom is -0.495 e. The maximum atomic E-state index is 6.09. The van der Waals surface area contributed by atoms with Crippen molar-refractivity contribution >= 4 is 34.5 Å². The van der Waals surface area contributed by atoms with Crippen molar-refractivity contribution in [3.63, 3.8) is 0 Å². The number of benzene rings is 1. The normalized spacial score (nSPS) is 10.8. The molecule has 3 aromatic rings. The van der Waals surface area contributed by atoms with Crippen molar-refractivity contribution in [2.24, 2.45) is 0 Å². The second kappa shape index (κ2) is 5.84. The Labute approximate surface area is 132 Å². The molecule has 0 saturated heterocycles. The van der Waals surface area contributed by atoms with Crippen LogP contribution in [0.5, 0.6) is 5.75 Å². The molecule has 0 aliphatic carbocycles. The minimum atomic E-state index is 0.573. The Morgan fingerprint density at radius 2 is 2.05 bits per heavy atom. The zero-order chi connectivity index (χ0) is 14.8. The highest BCUT2D eigenvalue weighted by molar-refractivity contribution is 6.32. The lowest BCUT2D eigenvalue weighted by molar-refractivity contribution is 0.415. The molecule has 0 radical (unpaired) electrons. The van der Waals surface area contributed by atoms with Gasteiger partial charge in [-0.05, 0) is 30.3 Å². The van der Waals surface area contributed by atoms with Crippen molar-refractivity contribution in [2.45, 2.75) is 6.54 Å². The first kappa shape index (κ1) is 14.0. The zero-order valence-electron chi connectivity index (χ0n) is 11.3. The van der Waals surface area contributed by atoms with Crippen molar-refractivity contribution in [3.8, 4) is 5.75 Å². The third kappa shape index (κ3) is 3.06. The summed E-state index contributed by atoms with van der Waals surface area (Å²) in [6.07, 6.45) is 3.77. The van der Waals surface area contributed by atoms with Gasteiger partial charge in [-0.2, -0.15) is 0 Å². The van der Waals surface area contributed by atoms with Gasteiger partial charge in [0.2, 0.25) is 0 Å². The number of pyridine rings is 1. The van der Waals surface area contributed by atoms with E-state index in [0.29, 0.717) is 22.3 Å². The molecular weight excluding hydrogens is 309 g/mol. The summed E-state index contributed by atoms with van der Waals surface area (Å²) < 4.78 is 7.03. The molecule has 2 heterocycles. The van der Waals surface area contributed by atoms with Crippen LogP contribution in [0.4, 0.5) is 5.69 Å². The molecule has 4 nitrogen and oxygen atoms in total. The van der Waals surface area contributed by atoms with E-state index in [1.807, 2.05) is 47.1 Å². The van der Waals surface area contributed by atoms with Gasteiger partial charge in [-0.3, -0.25) is 0 Å². The fourth-order valence-electron chi connectivity index (χ4n) is 2.07. The number of hydrogen-bond donors (Lipinski definition) is 1. The number of nitrogens with zero attached hydrogens (tertiary/aromatic N) is 2. The average Bonchev–Trinajstić information content (AvgIpc) is 2.87. The van der Waals surface area contributed by atoms with Crippen molar-refractivity contribution in [2.75, 3.05) is 12.4 Å². The topological polar surface area (TPSA) is 38.6 Å². The molecule has 3 rings (SSSR count). The lowest BCUT2D eigenvalue weighted by atomic mass is 10.3. The van der Waals surface area contributed by atoms with Gasteiger partial charge in [0.05, 0.1) is 29.4 Å². The van der Waals surface area contributed by atoms with Gasteiger partial charge in [0.25, 0.3) is 0 Å². The predicted octanol–water partition coefficient (Wildman–Crippen LogP) is 4.26. The van der Waals surface area contributed by atoms with Crippen LogP contribution in [0.2, 0.25) is 10.0 Å². The fourth-order valence-corrected chi connectivity index (χ4v) is 2.50. The van der Waals surface area contributed by atoms with Crippen LogP contribution in [0.25, 0.3) is 5.65 Å². The molecule has 0 aliphatic rings. The average molecular weight is 322 g/mol. The predicted molar refractivity (Wildman–Crippen MR) is 85.5 cm³/mol. The van der Waals surface area contributed by atoms with Crippen LogP contribution in [0.1, 0.15) is 5.69 Å². The number of anilines is 1. The standard InChI is InChI=1S/C15H13Cl2N3O/c1-21-14-4-3-11(6-13(14)17)18-7-12-9-20-8-10(16)2-5-15(20)19-12/h2-6,8-9,18H,7H2,1H3. The van der Waals surface area contributed by atoms with Crippen LogP contribution in [0.15, 0.2) is 42.7 Å². The first-order valence-corrected chi connectivity index (χ1v) is 7.12. The Kier molecular flexibility index (Phi) is 3.90. The fraction of sp³-hybridized carbons (Fsp3) is 0.133. The summed E-state index contributed by atoms with van der Waals surface area (Å²) in [6, 6.07) is 9.28. The first-order valence-electron chi connectivity index (χ1n) is 6.36. The van der Waals surface area contributed by atoms with Crippen molar-refractivity contribution in [1.29, 1.82) is 0 Å². The van der Waals surface area contributed by atoms with Crippen LogP contribution < -0.4 is 10.1 Å². The first-order chi connectivity index (χ1) is 10.2. The molecule has 0 fully saturated rings. The quantitative estimate of drug-likeness (QED) is 0.780. The van der Waals surface area contributed by atoms with Gasteiger partial charge in [-0.1, -0.05) is 23.2 Å². The molecule has 0 spiro atoms. The van der Waals surface area contributed by atoms with Gasteiger partial charge in [0.1, 0.15) is 11.4 Å². The van der Waals surface area contributed by atoms with Gasteiger partial charge < -0.3 is 14.5 Å². The summed E-state index contributed by atoms with van der Waals surface area (Å²) in [7, 11) is 1.59. The SMILES string of the molecule is COc1ccc(NCc2cn3cc(Cl)ccc3n2)cc1Cl. The molecular formula is C15H13Cl2N3O. The van der Waals surface area contributed by atoms with E-state index in [-0.39, 0.29) is 0 Å². The highest BCUT2D eigenvalue weighted by Gasteiger charge is 2.04. The number of rotatable bonds is 4.